The molecule has 2 heterocycles. The third-order valence-corrected chi connectivity index (χ3v) is 4.05. The lowest BCUT2D eigenvalue weighted by atomic mass is 10.1. The molecule has 0 unspecified atom stereocenters. The number of halogens is 2. The van der Waals surface area contributed by atoms with Crippen LogP contribution >= 0.6 is 23.2 Å². The van der Waals surface area contributed by atoms with Crippen LogP contribution in [0, 0.1) is 0 Å². The molecule has 92 valence electrons. The second kappa shape index (κ2) is 3.86. The summed E-state index contributed by atoms with van der Waals surface area (Å²) in [7, 11) is 0. The minimum absolute atomic E-state index is 0.641. The van der Waals surface area contributed by atoms with Crippen molar-refractivity contribution in [1.82, 2.24) is 9.97 Å². The van der Waals surface area contributed by atoms with Gasteiger partial charge >= 0.3 is 0 Å². The molecule has 2 aliphatic heterocycles. The normalized spacial score (nSPS) is 11.7. The van der Waals surface area contributed by atoms with Crippen molar-refractivity contribution in [2.45, 2.75) is 0 Å². The van der Waals surface area contributed by atoms with Gasteiger partial charge in [0, 0.05) is 10.8 Å². The van der Waals surface area contributed by atoms with Crippen molar-refractivity contribution in [2.24, 2.45) is 0 Å². The second-order valence-corrected chi connectivity index (χ2v) is 5.24. The molecule has 0 saturated carbocycles. The van der Waals surface area contributed by atoms with Gasteiger partial charge in [0.15, 0.2) is 0 Å². The number of nitrogens with one attached hydrogen (secondary N) is 1. The minimum Gasteiger partial charge on any atom is -0.351 e. The first kappa shape index (κ1) is 11.1. The Hall–Kier alpha value is -1.77. The summed E-state index contributed by atoms with van der Waals surface area (Å²) in [6, 6.07) is 13.6. The Kier molecular flexibility index (Phi) is 2.25. The molecule has 0 fully saturated rings. The van der Waals surface area contributed by atoms with Gasteiger partial charge in [0.1, 0.15) is 5.69 Å². The number of H-pyrrole nitrogens is 1. The molecule has 2 aromatic rings. The predicted molar refractivity (Wildman–Crippen MR) is 80.2 cm³/mol. The van der Waals surface area contributed by atoms with Crippen LogP contribution in [0.4, 0.5) is 0 Å². The Morgan fingerprint density at radius 1 is 0.895 bits per heavy atom. The van der Waals surface area contributed by atoms with E-state index in [9.17, 15) is 0 Å². The molecule has 0 aromatic heterocycles. The zero-order valence-electron chi connectivity index (χ0n) is 9.74. The first-order valence-corrected chi connectivity index (χ1v) is 6.65. The van der Waals surface area contributed by atoms with Crippen molar-refractivity contribution in [3.63, 3.8) is 0 Å². The maximum absolute atomic E-state index is 6.48. The fourth-order valence-electron chi connectivity index (χ4n) is 2.46. The van der Waals surface area contributed by atoms with Crippen molar-refractivity contribution in [3.8, 4) is 11.4 Å². The van der Waals surface area contributed by atoms with Crippen LogP contribution in [0.25, 0.3) is 33.2 Å². The average Bonchev–Trinajstić information content (AvgIpc) is 2.80. The van der Waals surface area contributed by atoms with Crippen LogP contribution < -0.4 is 0 Å². The minimum atomic E-state index is 0.641. The van der Waals surface area contributed by atoms with Gasteiger partial charge in [-0.2, -0.15) is 0 Å². The molecule has 4 heteroatoms. The maximum atomic E-state index is 6.48. The van der Waals surface area contributed by atoms with Crippen LogP contribution in [0.15, 0.2) is 42.5 Å². The smallest absolute Gasteiger partial charge is 0.107 e. The molecule has 0 amide bonds. The standard InChI is InChI=1S/C15H8Cl2N2/c16-10-6-3-5-9-12(17)15-14(19-13(9)10)8-4-1-2-7-11(8)18-15/h1-7,19H. The van der Waals surface area contributed by atoms with Gasteiger partial charge in [-0.05, 0) is 12.1 Å². The van der Waals surface area contributed by atoms with Crippen molar-refractivity contribution >= 4 is 45.0 Å². The molecule has 4 rings (SSSR count). The molecule has 19 heavy (non-hydrogen) atoms. The van der Waals surface area contributed by atoms with E-state index in [2.05, 4.69) is 9.97 Å². The molecular weight excluding hydrogens is 279 g/mol. The summed E-state index contributed by atoms with van der Waals surface area (Å²) in [6.07, 6.45) is 0. The topological polar surface area (TPSA) is 28.7 Å². The third kappa shape index (κ3) is 1.47. The third-order valence-electron chi connectivity index (χ3n) is 3.35. The van der Waals surface area contributed by atoms with Crippen LogP contribution in [-0.2, 0) is 0 Å². The van der Waals surface area contributed by atoms with Crippen molar-refractivity contribution in [3.05, 3.63) is 52.5 Å². The number of aromatic nitrogens is 2. The highest BCUT2D eigenvalue weighted by Crippen LogP contribution is 2.40. The van der Waals surface area contributed by atoms with Gasteiger partial charge in [-0.15, -0.1) is 0 Å². The number of benzene rings is 2. The Morgan fingerprint density at radius 2 is 1.68 bits per heavy atom. The SMILES string of the molecule is Clc1c2nc3ccccc3c-2[nH]c2c(Cl)cccc12. The summed E-state index contributed by atoms with van der Waals surface area (Å²) in [6.45, 7) is 0. The number of para-hydroxylation sites is 2. The first-order valence-electron chi connectivity index (χ1n) is 5.90. The number of hydrogen-bond donors (Lipinski definition) is 1. The van der Waals surface area contributed by atoms with Gasteiger partial charge in [0.05, 0.1) is 26.8 Å². The fourth-order valence-corrected chi connectivity index (χ4v) is 2.97. The lowest BCUT2D eigenvalue weighted by molar-refractivity contribution is 1.37. The van der Waals surface area contributed by atoms with E-state index in [4.69, 9.17) is 23.2 Å². The highest BCUT2D eigenvalue weighted by atomic mass is 35.5. The van der Waals surface area contributed by atoms with Gasteiger partial charge in [0.25, 0.3) is 0 Å². The Labute approximate surface area is 119 Å². The van der Waals surface area contributed by atoms with Crippen LogP contribution in [-0.4, -0.2) is 9.97 Å². The molecule has 2 nitrogen and oxygen atoms in total. The summed E-state index contributed by atoms with van der Waals surface area (Å²) in [5.74, 6) is 0. The van der Waals surface area contributed by atoms with Crippen LogP contribution in [0.1, 0.15) is 0 Å². The molecular formula is C15H8Cl2N2. The number of fused-ring (bicyclic) bond motifs is 4. The molecule has 0 aliphatic carbocycles. The quantitative estimate of drug-likeness (QED) is 0.477. The second-order valence-electron chi connectivity index (χ2n) is 4.45. The van der Waals surface area contributed by atoms with E-state index in [0.717, 1.165) is 33.2 Å². The van der Waals surface area contributed by atoms with Crippen LogP contribution in [0.2, 0.25) is 10.0 Å². The lowest BCUT2D eigenvalue weighted by Gasteiger charge is -2.08. The monoisotopic (exact) mass is 286 g/mol. The number of aromatic amines is 1. The summed E-state index contributed by atoms with van der Waals surface area (Å²) in [5.41, 5.74) is 3.50. The van der Waals surface area contributed by atoms with Crippen LogP contribution in [0.5, 0.6) is 0 Å². The summed E-state index contributed by atoms with van der Waals surface area (Å²) in [4.78, 5) is 7.95. The summed E-state index contributed by atoms with van der Waals surface area (Å²) >= 11 is 12.7. The molecule has 0 bridgehead atoms. The van der Waals surface area contributed by atoms with E-state index in [1.807, 2.05) is 42.5 Å². The Balaban J connectivity index is 2.30. The molecule has 0 radical (unpaired) electrons. The largest absolute Gasteiger partial charge is 0.351 e. The number of nitrogens with zero attached hydrogens (tertiary/aromatic N) is 1. The van der Waals surface area contributed by atoms with Crippen molar-refractivity contribution < 1.29 is 0 Å². The zero-order chi connectivity index (χ0) is 13.0. The highest BCUT2D eigenvalue weighted by Gasteiger charge is 2.18. The van der Waals surface area contributed by atoms with Crippen molar-refractivity contribution in [2.75, 3.05) is 0 Å². The van der Waals surface area contributed by atoms with Gasteiger partial charge in [-0.25, -0.2) is 4.98 Å². The predicted octanol–water partition coefficient (Wildman–Crippen LogP) is 5.13. The average molecular weight is 287 g/mol. The molecule has 0 saturated heterocycles. The lowest BCUT2D eigenvalue weighted by Crippen LogP contribution is -1.89. The molecule has 2 aromatic carbocycles. The highest BCUT2D eigenvalue weighted by molar-refractivity contribution is 6.41. The summed E-state index contributed by atoms with van der Waals surface area (Å²) < 4.78 is 0. The Bertz CT molecular complexity index is 895. The number of hydrogen-bond acceptors (Lipinski definition) is 1. The van der Waals surface area contributed by atoms with E-state index in [1.54, 1.807) is 0 Å². The van der Waals surface area contributed by atoms with E-state index in [0.29, 0.717) is 10.0 Å². The van der Waals surface area contributed by atoms with Gasteiger partial charge in [0.2, 0.25) is 0 Å². The van der Waals surface area contributed by atoms with Crippen LogP contribution in [0.3, 0.4) is 0 Å². The fraction of sp³-hybridized carbons (Fsp3) is 0. The van der Waals surface area contributed by atoms with Gasteiger partial charge in [-0.3, -0.25) is 0 Å². The van der Waals surface area contributed by atoms with Crippen molar-refractivity contribution in [1.29, 1.82) is 0 Å². The zero-order valence-corrected chi connectivity index (χ0v) is 11.3. The van der Waals surface area contributed by atoms with E-state index in [-0.39, 0.29) is 0 Å². The number of pyridine rings is 1. The van der Waals surface area contributed by atoms with Gasteiger partial charge < -0.3 is 4.98 Å². The van der Waals surface area contributed by atoms with E-state index < -0.39 is 0 Å². The maximum Gasteiger partial charge on any atom is 0.107 e. The molecule has 2 aliphatic rings. The molecule has 0 atom stereocenters. The first-order chi connectivity index (χ1) is 9.25. The van der Waals surface area contributed by atoms with Gasteiger partial charge in [-0.1, -0.05) is 53.5 Å². The summed E-state index contributed by atoms with van der Waals surface area (Å²) in [5, 5.41) is 3.25. The van der Waals surface area contributed by atoms with E-state index in [1.165, 1.54) is 0 Å². The molecule has 1 N–H and O–H groups in total. The van der Waals surface area contributed by atoms with E-state index >= 15 is 0 Å². The number of rotatable bonds is 0. The Morgan fingerprint density at radius 3 is 2.58 bits per heavy atom. The molecule has 0 spiro atoms.